The van der Waals surface area contributed by atoms with Crippen LogP contribution < -0.4 is 5.56 Å². The van der Waals surface area contributed by atoms with Crippen molar-refractivity contribution >= 4 is 11.8 Å². The summed E-state index contributed by atoms with van der Waals surface area (Å²) in [5.41, 5.74) is 3.44. The summed E-state index contributed by atoms with van der Waals surface area (Å²) < 4.78 is 0. The van der Waals surface area contributed by atoms with E-state index in [-0.39, 0.29) is 5.56 Å². The van der Waals surface area contributed by atoms with Gasteiger partial charge in [-0.2, -0.15) is 0 Å². The van der Waals surface area contributed by atoms with Gasteiger partial charge in [-0.15, -0.1) is 0 Å². The predicted molar refractivity (Wildman–Crippen MR) is 73.7 cm³/mol. The van der Waals surface area contributed by atoms with Crippen LogP contribution in [0.25, 0.3) is 0 Å². The lowest BCUT2D eigenvalue weighted by atomic mass is 10.1. The molecule has 0 saturated heterocycles. The second kappa shape index (κ2) is 5.87. The number of hydrogen-bond acceptors (Lipinski definition) is 3. The zero-order chi connectivity index (χ0) is 13.0. The van der Waals surface area contributed by atoms with Gasteiger partial charge in [-0.05, 0) is 20.8 Å². The minimum absolute atomic E-state index is 0.0651. The van der Waals surface area contributed by atoms with Crippen molar-refractivity contribution < 1.29 is 0 Å². The number of nitrogens with zero attached hydrogens (tertiary/aromatic N) is 1. The van der Waals surface area contributed by atoms with E-state index < -0.39 is 0 Å². The second-order valence-electron chi connectivity index (χ2n) is 4.31. The molecule has 0 aromatic carbocycles. The number of hydrogen-bond donors (Lipinski definition) is 1. The number of aromatic nitrogens is 2. The maximum Gasteiger partial charge on any atom is 0.255 e. The van der Waals surface area contributed by atoms with Crippen LogP contribution in [0.4, 0.5) is 0 Å². The van der Waals surface area contributed by atoms with Crippen molar-refractivity contribution in [1.29, 1.82) is 0 Å². The van der Waals surface area contributed by atoms with E-state index in [1.807, 2.05) is 20.8 Å². The van der Waals surface area contributed by atoms with E-state index in [0.717, 1.165) is 22.6 Å². The summed E-state index contributed by atoms with van der Waals surface area (Å²) in [4.78, 5) is 19.0. The molecule has 0 aliphatic heterocycles. The first-order valence-electron chi connectivity index (χ1n) is 5.41. The Morgan fingerprint density at radius 1 is 1.35 bits per heavy atom. The van der Waals surface area contributed by atoms with Gasteiger partial charge < -0.3 is 4.98 Å². The molecule has 0 atom stereocenters. The highest BCUT2D eigenvalue weighted by Crippen LogP contribution is 2.15. The fraction of sp³-hybridized carbons (Fsp3) is 0.385. The summed E-state index contributed by atoms with van der Waals surface area (Å²) >= 11 is 1.50. The van der Waals surface area contributed by atoms with Crippen LogP contribution in [0.1, 0.15) is 25.1 Å². The zero-order valence-electron chi connectivity index (χ0n) is 10.6. The van der Waals surface area contributed by atoms with E-state index in [1.165, 1.54) is 11.8 Å². The number of thioether (sulfide) groups is 1. The highest BCUT2D eigenvalue weighted by atomic mass is 32.2. The first-order valence-corrected chi connectivity index (χ1v) is 6.40. The largest absolute Gasteiger partial charge is 0.301 e. The van der Waals surface area contributed by atoms with Crippen LogP contribution in [0.3, 0.4) is 0 Å². The SMILES string of the molecule is C=C(C)CSc1nc(C)c(CC(=C)C)c(=O)[nH]1. The first kappa shape index (κ1) is 13.8. The fourth-order valence-electron chi connectivity index (χ4n) is 1.35. The van der Waals surface area contributed by atoms with Crippen molar-refractivity contribution in [3.8, 4) is 0 Å². The lowest BCUT2D eigenvalue weighted by Crippen LogP contribution is -2.17. The van der Waals surface area contributed by atoms with E-state index in [2.05, 4.69) is 23.1 Å². The van der Waals surface area contributed by atoms with Gasteiger partial charge in [-0.1, -0.05) is 36.1 Å². The third-order valence-electron chi connectivity index (χ3n) is 2.13. The van der Waals surface area contributed by atoms with Crippen molar-refractivity contribution in [2.75, 3.05) is 5.75 Å². The molecule has 92 valence electrons. The predicted octanol–water partition coefficient (Wildman–Crippen LogP) is 2.87. The second-order valence-corrected chi connectivity index (χ2v) is 5.28. The highest BCUT2D eigenvalue weighted by molar-refractivity contribution is 7.99. The van der Waals surface area contributed by atoms with Gasteiger partial charge in [0.2, 0.25) is 0 Å². The number of aromatic amines is 1. The monoisotopic (exact) mass is 250 g/mol. The standard InChI is InChI=1S/C13H18N2OS/c1-8(2)6-11-10(5)14-13(15-12(11)16)17-7-9(3)4/h1,3,6-7H2,2,4-5H3,(H,14,15,16). The Morgan fingerprint density at radius 2 is 2.00 bits per heavy atom. The summed E-state index contributed by atoms with van der Waals surface area (Å²) in [6.45, 7) is 13.4. The molecule has 1 heterocycles. The smallest absolute Gasteiger partial charge is 0.255 e. The first-order chi connectivity index (χ1) is 7.90. The van der Waals surface area contributed by atoms with Crippen molar-refractivity contribution in [3.63, 3.8) is 0 Å². The molecule has 0 fully saturated rings. The average molecular weight is 250 g/mol. The van der Waals surface area contributed by atoms with Gasteiger partial charge >= 0.3 is 0 Å². The summed E-state index contributed by atoms with van der Waals surface area (Å²) in [6.07, 6.45) is 0.583. The van der Waals surface area contributed by atoms with Crippen molar-refractivity contribution in [2.45, 2.75) is 32.3 Å². The normalized spacial score (nSPS) is 10.3. The molecule has 1 rings (SSSR count). The van der Waals surface area contributed by atoms with E-state index in [0.29, 0.717) is 17.1 Å². The third-order valence-corrected chi connectivity index (χ3v) is 3.24. The number of aryl methyl sites for hydroxylation is 1. The van der Waals surface area contributed by atoms with Crippen LogP contribution in [0.2, 0.25) is 0 Å². The summed E-state index contributed by atoms with van der Waals surface area (Å²) in [7, 11) is 0. The number of H-pyrrole nitrogens is 1. The minimum Gasteiger partial charge on any atom is -0.301 e. The van der Waals surface area contributed by atoms with Gasteiger partial charge in [0.15, 0.2) is 5.16 Å². The lowest BCUT2D eigenvalue weighted by molar-refractivity contribution is 0.864. The van der Waals surface area contributed by atoms with Crippen LogP contribution in [0, 0.1) is 6.92 Å². The van der Waals surface area contributed by atoms with Crippen molar-refractivity contribution in [2.24, 2.45) is 0 Å². The molecule has 0 amide bonds. The fourth-order valence-corrected chi connectivity index (χ4v) is 2.10. The number of nitrogens with one attached hydrogen (secondary N) is 1. The maximum absolute atomic E-state index is 11.9. The maximum atomic E-state index is 11.9. The van der Waals surface area contributed by atoms with E-state index >= 15 is 0 Å². The Morgan fingerprint density at radius 3 is 2.47 bits per heavy atom. The Kier molecular flexibility index (Phi) is 4.75. The topological polar surface area (TPSA) is 45.8 Å². The molecule has 4 heteroatoms. The summed E-state index contributed by atoms with van der Waals surface area (Å²) in [5, 5.41) is 0.654. The van der Waals surface area contributed by atoms with Crippen LogP contribution in [0.15, 0.2) is 34.3 Å². The summed E-state index contributed by atoms with van der Waals surface area (Å²) in [6, 6.07) is 0. The molecule has 3 nitrogen and oxygen atoms in total. The third kappa shape index (κ3) is 4.23. The van der Waals surface area contributed by atoms with Crippen molar-refractivity contribution in [3.05, 3.63) is 45.9 Å². The molecule has 0 spiro atoms. The molecule has 0 unspecified atom stereocenters. The highest BCUT2D eigenvalue weighted by Gasteiger charge is 2.08. The van der Waals surface area contributed by atoms with E-state index in [4.69, 9.17) is 0 Å². The van der Waals surface area contributed by atoms with Gasteiger partial charge in [0, 0.05) is 23.4 Å². The summed E-state index contributed by atoms with van der Waals surface area (Å²) in [5.74, 6) is 0.766. The molecular formula is C13H18N2OS. The van der Waals surface area contributed by atoms with Gasteiger partial charge in [0.25, 0.3) is 5.56 Å². The van der Waals surface area contributed by atoms with Gasteiger partial charge in [-0.3, -0.25) is 4.79 Å². The van der Waals surface area contributed by atoms with E-state index in [1.54, 1.807) is 0 Å². The van der Waals surface area contributed by atoms with Gasteiger partial charge in [0.05, 0.1) is 0 Å². The number of allylic oxidation sites excluding steroid dienone is 1. The Labute approximate surface area is 106 Å². The lowest BCUT2D eigenvalue weighted by Gasteiger charge is -2.06. The van der Waals surface area contributed by atoms with Crippen molar-refractivity contribution in [1.82, 2.24) is 9.97 Å². The molecule has 1 aromatic rings. The molecular weight excluding hydrogens is 232 g/mol. The zero-order valence-corrected chi connectivity index (χ0v) is 11.4. The molecule has 0 bridgehead atoms. The molecule has 0 saturated carbocycles. The molecule has 0 aliphatic carbocycles. The minimum atomic E-state index is -0.0651. The average Bonchev–Trinajstić information content (AvgIpc) is 2.20. The molecule has 1 aromatic heterocycles. The number of rotatable bonds is 5. The van der Waals surface area contributed by atoms with Crippen LogP contribution in [0.5, 0.6) is 0 Å². The quantitative estimate of drug-likeness (QED) is 0.496. The molecule has 0 radical (unpaired) electrons. The Bertz CT molecular complexity index is 503. The molecule has 0 aliphatic rings. The Balaban J connectivity index is 2.97. The van der Waals surface area contributed by atoms with Crippen LogP contribution in [-0.4, -0.2) is 15.7 Å². The molecule has 1 N–H and O–H groups in total. The van der Waals surface area contributed by atoms with Gasteiger partial charge in [-0.25, -0.2) is 4.98 Å². The molecule has 17 heavy (non-hydrogen) atoms. The van der Waals surface area contributed by atoms with E-state index in [9.17, 15) is 4.79 Å². The van der Waals surface area contributed by atoms with Crippen LogP contribution in [-0.2, 0) is 6.42 Å². The Hall–Kier alpha value is -1.29. The van der Waals surface area contributed by atoms with Crippen LogP contribution >= 0.6 is 11.8 Å². The van der Waals surface area contributed by atoms with Gasteiger partial charge in [0.1, 0.15) is 0 Å².